The summed E-state index contributed by atoms with van der Waals surface area (Å²) in [5, 5.41) is 0. The average molecular weight is 359 g/mol. The molecule has 1 aromatic heterocycles. The number of morpholine rings is 1. The van der Waals surface area contributed by atoms with Crippen LogP contribution in [0.15, 0.2) is 12.1 Å². The molecule has 0 saturated carbocycles. The van der Waals surface area contributed by atoms with E-state index in [4.69, 9.17) is 4.74 Å². The molecule has 0 unspecified atom stereocenters. The van der Waals surface area contributed by atoms with Gasteiger partial charge in [0.05, 0.1) is 0 Å². The predicted molar refractivity (Wildman–Crippen MR) is 76.1 cm³/mol. The molecule has 0 bridgehead atoms. The SMILES string of the molecule is CCCCc1ccc(C#CCN2CCOCC2)[te]1. The zero-order valence-corrected chi connectivity index (χ0v) is 13.4. The van der Waals surface area contributed by atoms with Crippen LogP contribution in [0.1, 0.15) is 26.9 Å². The molecule has 3 heteroatoms. The van der Waals surface area contributed by atoms with E-state index in [2.05, 4.69) is 35.8 Å². The van der Waals surface area contributed by atoms with E-state index in [1.165, 1.54) is 22.8 Å². The van der Waals surface area contributed by atoms with Crippen molar-refractivity contribution in [2.24, 2.45) is 0 Å². The zero-order chi connectivity index (χ0) is 12.6. The number of unbranched alkanes of at least 4 members (excludes halogenated alkanes) is 1. The molecule has 1 saturated heterocycles. The molecule has 2 rings (SSSR count). The molecule has 0 atom stereocenters. The molecule has 0 N–H and O–H groups in total. The van der Waals surface area contributed by atoms with Crippen molar-refractivity contribution in [3.05, 3.63) is 19.3 Å². The number of aryl methyl sites for hydroxylation is 1. The maximum absolute atomic E-state index is 5.33. The molecule has 98 valence electrons. The molecule has 0 radical (unpaired) electrons. The van der Waals surface area contributed by atoms with Crippen LogP contribution < -0.4 is 0 Å². The first-order valence-corrected chi connectivity index (χ1v) is 9.09. The number of rotatable bonds is 4. The summed E-state index contributed by atoms with van der Waals surface area (Å²) in [6.45, 7) is 6.95. The molecule has 2 nitrogen and oxygen atoms in total. The molecule has 1 aliphatic heterocycles. The maximum atomic E-state index is 5.33. The number of hydrogen-bond donors (Lipinski definition) is 0. The molecule has 1 aromatic rings. The zero-order valence-electron chi connectivity index (χ0n) is 11.1. The van der Waals surface area contributed by atoms with E-state index in [0.717, 1.165) is 32.8 Å². The number of hydrogen-bond acceptors (Lipinski definition) is 2. The standard InChI is InChI=1S/C15H21NOTe/c1-2-3-5-14-7-8-15(18-14)6-4-9-16-10-12-17-13-11-16/h7-8H,2-3,5,9-13H2,1H3. The first kappa shape index (κ1) is 14.2. The van der Waals surface area contributed by atoms with Crippen molar-refractivity contribution >= 4 is 20.4 Å². The Hall–Kier alpha value is -0.250. The average Bonchev–Trinajstić information content (AvgIpc) is 2.85. The Morgan fingerprint density at radius 3 is 2.94 bits per heavy atom. The van der Waals surface area contributed by atoms with Gasteiger partial charge in [0.2, 0.25) is 0 Å². The van der Waals surface area contributed by atoms with E-state index in [9.17, 15) is 0 Å². The summed E-state index contributed by atoms with van der Waals surface area (Å²) < 4.78 is 8.42. The Labute approximate surface area is 120 Å². The summed E-state index contributed by atoms with van der Waals surface area (Å²) in [7, 11) is 0. The van der Waals surface area contributed by atoms with Crippen LogP contribution in [-0.2, 0) is 11.2 Å². The van der Waals surface area contributed by atoms with E-state index in [1.54, 1.807) is 3.58 Å². The van der Waals surface area contributed by atoms with Gasteiger partial charge in [0, 0.05) is 0 Å². The third-order valence-corrected chi connectivity index (χ3v) is 6.08. The monoisotopic (exact) mass is 361 g/mol. The summed E-state index contributed by atoms with van der Waals surface area (Å²) in [5.41, 5.74) is 0. The van der Waals surface area contributed by atoms with Gasteiger partial charge in [0.15, 0.2) is 0 Å². The second-order valence-electron chi connectivity index (χ2n) is 4.56. The van der Waals surface area contributed by atoms with Crippen molar-refractivity contribution in [2.75, 3.05) is 32.8 Å². The summed E-state index contributed by atoms with van der Waals surface area (Å²) >= 11 is -0.111. The van der Waals surface area contributed by atoms with Gasteiger partial charge in [-0.3, -0.25) is 0 Å². The Bertz CT molecular complexity index is 410. The quantitative estimate of drug-likeness (QED) is 0.601. The van der Waals surface area contributed by atoms with Gasteiger partial charge < -0.3 is 0 Å². The molecule has 0 aromatic carbocycles. The fraction of sp³-hybridized carbons (Fsp3) is 0.600. The molecular weight excluding hydrogens is 338 g/mol. The van der Waals surface area contributed by atoms with E-state index in [1.807, 2.05) is 0 Å². The molecule has 0 spiro atoms. The van der Waals surface area contributed by atoms with E-state index in [0.29, 0.717) is 0 Å². The Kier molecular flexibility index (Phi) is 6.32. The van der Waals surface area contributed by atoms with Crippen molar-refractivity contribution in [2.45, 2.75) is 26.2 Å². The molecule has 2 heterocycles. The van der Waals surface area contributed by atoms with E-state index < -0.39 is 0 Å². The molecule has 0 aliphatic carbocycles. The minimum absolute atomic E-state index is 0.111. The van der Waals surface area contributed by atoms with Crippen LogP contribution in [0.25, 0.3) is 0 Å². The molecule has 1 aliphatic rings. The van der Waals surface area contributed by atoms with Gasteiger partial charge in [0.1, 0.15) is 0 Å². The summed E-state index contributed by atoms with van der Waals surface area (Å²) in [6.07, 6.45) is 3.92. The number of nitrogens with zero attached hydrogens (tertiary/aromatic N) is 1. The fourth-order valence-electron chi connectivity index (χ4n) is 1.93. The minimum atomic E-state index is -0.111. The molecule has 18 heavy (non-hydrogen) atoms. The van der Waals surface area contributed by atoms with Gasteiger partial charge in [-0.1, -0.05) is 0 Å². The van der Waals surface area contributed by atoms with Crippen LogP contribution in [0.5, 0.6) is 0 Å². The van der Waals surface area contributed by atoms with Gasteiger partial charge >= 0.3 is 120 Å². The molecule has 0 amide bonds. The van der Waals surface area contributed by atoms with Crippen molar-refractivity contribution in [1.82, 2.24) is 4.90 Å². The second-order valence-corrected chi connectivity index (χ2v) is 7.89. The van der Waals surface area contributed by atoms with Crippen molar-refractivity contribution in [3.63, 3.8) is 0 Å². The van der Waals surface area contributed by atoms with Crippen LogP contribution in [0.2, 0.25) is 0 Å². The Balaban J connectivity index is 1.79. The van der Waals surface area contributed by atoms with Crippen LogP contribution in [0, 0.1) is 11.8 Å². The third kappa shape index (κ3) is 4.79. The topological polar surface area (TPSA) is 12.5 Å². The number of ether oxygens (including phenoxy) is 1. The Morgan fingerprint density at radius 1 is 1.33 bits per heavy atom. The van der Waals surface area contributed by atoms with Crippen LogP contribution in [0.4, 0.5) is 0 Å². The summed E-state index contributed by atoms with van der Waals surface area (Å²) in [4.78, 5) is 2.37. The fourth-order valence-corrected chi connectivity index (χ4v) is 4.57. The van der Waals surface area contributed by atoms with Crippen molar-refractivity contribution < 1.29 is 4.74 Å². The van der Waals surface area contributed by atoms with Crippen LogP contribution in [0.3, 0.4) is 0 Å². The van der Waals surface area contributed by atoms with Crippen LogP contribution in [-0.4, -0.2) is 58.2 Å². The van der Waals surface area contributed by atoms with E-state index >= 15 is 0 Å². The van der Waals surface area contributed by atoms with E-state index in [-0.39, 0.29) is 20.4 Å². The van der Waals surface area contributed by atoms with Gasteiger partial charge in [0.25, 0.3) is 0 Å². The summed E-state index contributed by atoms with van der Waals surface area (Å²) in [6, 6.07) is 4.57. The predicted octanol–water partition coefficient (Wildman–Crippen LogP) is 1.77. The Morgan fingerprint density at radius 2 is 2.17 bits per heavy atom. The molecule has 1 fully saturated rings. The van der Waals surface area contributed by atoms with Crippen molar-refractivity contribution in [3.8, 4) is 11.8 Å². The van der Waals surface area contributed by atoms with Gasteiger partial charge in [-0.15, -0.1) is 0 Å². The second kappa shape index (κ2) is 8.03. The third-order valence-electron chi connectivity index (χ3n) is 3.06. The molecular formula is C15H21NOTe. The normalized spacial score (nSPS) is 16.3. The first-order chi connectivity index (χ1) is 8.88. The summed E-state index contributed by atoms with van der Waals surface area (Å²) in [5.74, 6) is 6.69. The van der Waals surface area contributed by atoms with Gasteiger partial charge in [-0.25, -0.2) is 0 Å². The van der Waals surface area contributed by atoms with Gasteiger partial charge in [-0.05, 0) is 0 Å². The van der Waals surface area contributed by atoms with Crippen molar-refractivity contribution in [1.29, 1.82) is 0 Å². The van der Waals surface area contributed by atoms with Crippen LogP contribution >= 0.6 is 0 Å². The first-order valence-electron chi connectivity index (χ1n) is 6.76. The van der Waals surface area contributed by atoms with Gasteiger partial charge in [-0.2, -0.15) is 0 Å².